The molecule has 4 heteroatoms. The second-order valence-electron chi connectivity index (χ2n) is 10.8. The molecular formula is C35H32BrF3. The summed E-state index contributed by atoms with van der Waals surface area (Å²) < 4.78 is 44.3. The molecule has 5 aromatic carbocycles. The maximum atomic E-state index is 14.4. The van der Waals surface area contributed by atoms with E-state index in [9.17, 15) is 13.2 Å². The lowest BCUT2D eigenvalue weighted by molar-refractivity contribution is -0.138. The summed E-state index contributed by atoms with van der Waals surface area (Å²) in [5.74, 6) is 0. The van der Waals surface area contributed by atoms with Crippen LogP contribution in [0.5, 0.6) is 0 Å². The molecule has 0 nitrogen and oxygen atoms in total. The molecule has 0 N–H and O–H groups in total. The quantitative estimate of drug-likeness (QED) is 0.180. The van der Waals surface area contributed by atoms with Crippen LogP contribution in [0.2, 0.25) is 0 Å². The van der Waals surface area contributed by atoms with Crippen molar-refractivity contribution < 1.29 is 13.2 Å². The van der Waals surface area contributed by atoms with Crippen LogP contribution >= 0.6 is 15.9 Å². The zero-order valence-corrected chi connectivity index (χ0v) is 25.2. The molecular weight excluding hydrogens is 557 g/mol. The van der Waals surface area contributed by atoms with Crippen molar-refractivity contribution in [1.29, 1.82) is 0 Å². The average Bonchev–Trinajstić information content (AvgIpc) is 2.89. The molecule has 0 unspecified atom stereocenters. The normalized spacial score (nSPS) is 12.1. The smallest absolute Gasteiger partial charge is 0.166 e. The monoisotopic (exact) mass is 588 g/mol. The zero-order chi connectivity index (χ0) is 28.5. The minimum absolute atomic E-state index is 0.283. The number of hydrogen-bond donors (Lipinski definition) is 0. The van der Waals surface area contributed by atoms with Crippen LogP contribution in [0.25, 0.3) is 43.8 Å². The number of alkyl halides is 3. The Morgan fingerprint density at radius 1 is 0.436 bits per heavy atom. The van der Waals surface area contributed by atoms with Gasteiger partial charge in [-0.15, -0.1) is 0 Å². The summed E-state index contributed by atoms with van der Waals surface area (Å²) in [6.07, 6.45) is -4.44. The summed E-state index contributed by atoms with van der Waals surface area (Å²) in [5, 5.41) is 3.97. The van der Waals surface area contributed by atoms with Gasteiger partial charge >= 0.3 is 6.18 Å². The molecule has 0 bridgehead atoms. The van der Waals surface area contributed by atoms with Crippen LogP contribution in [0.4, 0.5) is 13.2 Å². The van der Waals surface area contributed by atoms with Gasteiger partial charge in [0.15, 0.2) is 0 Å². The lowest BCUT2D eigenvalue weighted by Gasteiger charge is -2.26. The molecule has 39 heavy (non-hydrogen) atoms. The predicted molar refractivity (Wildman–Crippen MR) is 163 cm³/mol. The maximum absolute atomic E-state index is 14.4. The third-order valence-electron chi connectivity index (χ3n) is 8.95. The molecule has 0 aliphatic rings. The summed E-state index contributed by atoms with van der Waals surface area (Å²) in [6, 6.07) is 16.3. The van der Waals surface area contributed by atoms with Crippen molar-refractivity contribution in [2.24, 2.45) is 0 Å². The van der Waals surface area contributed by atoms with Gasteiger partial charge in [0.2, 0.25) is 0 Å². The SMILES string of the molecule is Cc1c(C)c(C)c(-c2c3ccccc3c(-c3c(C)c(C)c(C)c(C(F)(F)F)c3C)c3ccccc23)c(Br)c1C. The van der Waals surface area contributed by atoms with Gasteiger partial charge in [-0.2, -0.15) is 13.2 Å². The molecule has 0 aliphatic heterocycles. The van der Waals surface area contributed by atoms with Crippen molar-refractivity contribution in [3.05, 3.63) is 103 Å². The van der Waals surface area contributed by atoms with E-state index in [1.54, 1.807) is 20.8 Å². The maximum Gasteiger partial charge on any atom is 0.416 e. The molecule has 0 radical (unpaired) electrons. The van der Waals surface area contributed by atoms with Gasteiger partial charge in [0.05, 0.1) is 5.56 Å². The molecule has 0 saturated heterocycles. The summed E-state index contributed by atoms with van der Waals surface area (Å²) in [4.78, 5) is 0. The Hall–Kier alpha value is -3.11. The Morgan fingerprint density at radius 2 is 0.795 bits per heavy atom. The van der Waals surface area contributed by atoms with Gasteiger partial charge in [0, 0.05) is 10.0 Å². The number of benzene rings is 5. The first-order valence-electron chi connectivity index (χ1n) is 13.2. The number of rotatable bonds is 2. The highest BCUT2D eigenvalue weighted by Crippen LogP contribution is 2.50. The van der Waals surface area contributed by atoms with Crippen LogP contribution in [0.1, 0.15) is 50.1 Å². The van der Waals surface area contributed by atoms with E-state index in [4.69, 9.17) is 0 Å². The van der Waals surface area contributed by atoms with E-state index in [1.807, 2.05) is 31.2 Å². The molecule has 0 aromatic heterocycles. The van der Waals surface area contributed by atoms with E-state index < -0.39 is 11.7 Å². The minimum Gasteiger partial charge on any atom is -0.166 e. The lowest BCUT2D eigenvalue weighted by atomic mass is 9.79. The predicted octanol–water partition coefficient (Wildman–Crippen LogP) is 11.6. The number of halogens is 4. The van der Waals surface area contributed by atoms with Gasteiger partial charge in [-0.1, -0.05) is 48.5 Å². The van der Waals surface area contributed by atoms with Gasteiger partial charge in [0.25, 0.3) is 0 Å². The first-order valence-corrected chi connectivity index (χ1v) is 14.0. The van der Waals surface area contributed by atoms with Crippen LogP contribution in [0.15, 0.2) is 53.0 Å². The van der Waals surface area contributed by atoms with Crippen molar-refractivity contribution in [3.63, 3.8) is 0 Å². The molecule has 0 spiro atoms. The van der Waals surface area contributed by atoms with Gasteiger partial charge < -0.3 is 0 Å². The van der Waals surface area contributed by atoms with Crippen molar-refractivity contribution in [3.8, 4) is 22.3 Å². The van der Waals surface area contributed by atoms with Crippen molar-refractivity contribution >= 4 is 37.5 Å². The van der Waals surface area contributed by atoms with Gasteiger partial charge in [-0.05, 0) is 154 Å². The molecule has 0 atom stereocenters. The summed E-state index contributed by atoms with van der Waals surface area (Å²) >= 11 is 3.93. The van der Waals surface area contributed by atoms with Crippen molar-refractivity contribution in [2.45, 2.75) is 61.6 Å². The average molecular weight is 590 g/mol. The lowest BCUT2D eigenvalue weighted by Crippen LogP contribution is -2.13. The Bertz CT molecular complexity index is 1740. The second-order valence-corrected chi connectivity index (χ2v) is 11.6. The molecule has 200 valence electrons. The molecule has 0 fully saturated rings. The Balaban J connectivity index is 2.07. The summed E-state index contributed by atoms with van der Waals surface area (Å²) in [7, 11) is 0. The number of fused-ring (bicyclic) bond motifs is 2. The highest BCUT2D eigenvalue weighted by Gasteiger charge is 2.37. The summed E-state index contributed by atoms with van der Waals surface area (Å²) in [5.41, 5.74) is 10.3. The highest BCUT2D eigenvalue weighted by molar-refractivity contribution is 9.10. The Labute approximate surface area is 237 Å². The molecule has 5 aromatic rings. The molecule has 0 heterocycles. The van der Waals surface area contributed by atoms with E-state index in [0.717, 1.165) is 48.3 Å². The van der Waals surface area contributed by atoms with Crippen LogP contribution in [-0.4, -0.2) is 0 Å². The number of hydrogen-bond acceptors (Lipinski definition) is 0. The van der Waals surface area contributed by atoms with Crippen molar-refractivity contribution in [2.75, 3.05) is 0 Å². The zero-order valence-electron chi connectivity index (χ0n) is 23.6. The fourth-order valence-electron chi connectivity index (χ4n) is 6.38. The second kappa shape index (κ2) is 9.52. The highest BCUT2D eigenvalue weighted by atomic mass is 79.9. The fourth-order valence-corrected chi connectivity index (χ4v) is 7.17. The van der Waals surface area contributed by atoms with Gasteiger partial charge in [-0.3, -0.25) is 0 Å². The van der Waals surface area contributed by atoms with Gasteiger partial charge in [-0.25, -0.2) is 0 Å². The standard InChI is InChI=1S/C35H32BrF3/c1-17-18(2)23(7)34(36)30(21(17)5)32-27-15-11-9-13-25(27)31(26-14-10-12-16-28(26)32)29-20(4)19(3)22(6)33(24(29)8)35(37,38)39/h9-16H,1-8H3. The first-order chi connectivity index (χ1) is 18.3. The molecule has 0 aliphatic carbocycles. The van der Waals surface area contributed by atoms with Crippen LogP contribution in [0.3, 0.4) is 0 Å². The molecule has 5 rings (SSSR count). The molecule has 0 amide bonds. The largest absolute Gasteiger partial charge is 0.416 e. The minimum atomic E-state index is -4.44. The Morgan fingerprint density at radius 3 is 1.23 bits per heavy atom. The van der Waals surface area contributed by atoms with E-state index in [1.165, 1.54) is 22.3 Å². The van der Waals surface area contributed by atoms with E-state index in [-0.39, 0.29) is 5.56 Å². The molecule has 0 saturated carbocycles. The van der Waals surface area contributed by atoms with Gasteiger partial charge in [0.1, 0.15) is 0 Å². The van der Waals surface area contributed by atoms with E-state index >= 15 is 0 Å². The van der Waals surface area contributed by atoms with E-state index in [0.29, 0.717) is 16.7 Å². The van der Waals surface area contributed by atoms with Crippen LogP contribution < -0.4 is 0 Å². The topological polar surface area (TPSA) is 0 Å². The van der Waals surface area contributed by atoms with Crippen molar-refractivity contribution in [1.82, 2.24) is 0 Å². The summed E-state index contributed by atoms with van der Waals surface area (Å²) in [6.45, 7) is 15.6. The van der Waals surface area contributed by atoms with Crippen LogP contribution in [0, 0.1) is 55.4 Å². The Kier molecular flexibility index (Phi) is 6.70. The van der Waals surface area contributed by atoms with E-state index in [2.05, 4.69) is 67.9 Å². The third kappa shape index (κ3) is 4.02. The van der Waals surface area contributed by atoms with Crippen LogP contribution in [-0.2, 0) is 6.18 Å². The first kappa shape index (κ1) is 27.5. The fraction of sp³-hybridized carbons (Fsp3) is 0.257. The third-order valence-corrected chi connectivity index (χ3v) is 9.94.